The Morgan fingerprint density at radius 3 is 2.32 bits per heavy atom. The average molecular weight is 302 g/mol. The van der Waals surface area contributed by atoms with Crippen molar-refractivity contribution in [3.05, 3.63) is 48.0 Å². The summed E-state index contributed by atoms with van der Waals surface area (Å²) in [5.41, 5.74) is 0.542. The molecule has 0 unspecified atom stereocenters. The van der Waals surface area contributed by atoms with Gasteiger partial charge in [-0.15, -0.1) is 0 Å². The minimum Gasteiger partial charge on any atom is -0.497 e. The van der Waals surface area contributed by atoms with Gasteiger partial charge in [0.05, 0.1) is 21.3 Å². The van der Waals surface area contributed by atoms with Crippen molar-refractivity contribution < 1.29 is 23.7 Å². The monoisotopic (exact) mass is 302 g/mol. The van der Waals surface area contributed by atoms with Crippen LogP contribution in [0.2, 0.25) is 0 Å². The fourth-order valence-electron chi connectivity index (χ4n) is 1.94. The molecule has 5 nitrogen and oxygen atoms in total. The number of carbonyl (C=O) groups excluding carboxylic acids is 1. The van der Waals surface area contributed by atoms with Gasteiger partial charge in [0.15, 0.2) is 23.9 Å². The Morgan fingerprint density at radius 2 is 1.64 bits per heavy atom. The van der Waals surface area contributed by atoms with Crippen molar-refractivity contribution >= 4 is 5.78 Å². The molecule has 22 heavy (non-hydrogen) atoms. The molecule has 2 aromatic rings. The summed E-state index contributed by atoms with van der Waals surface area (Å²) in [6.45, 7) is -0.0668. The molecular weight excluding hydrogens is 284 g/mol. The predicted octanol–water partition coefficient (Wildman–Crippen LogP) is 2.97. The molecule has 0 fully saturated rings. The van der Waals surface area contributed by atoms with Crippen molar-refractivity contribution in [2.75, 3.05) is 27.9 Å². The third-order valence-corrected chi connectivity index (χ3v) is 3.12. The Balaban J connectivity index is 2.04. The first-order valence-corrected chi connectivity index (χ1v) is 6.70. The molecule has 0 aliphatic carbocycles. The van der Waals surface area contributed by atoms with E-state index in [0.29, 0.717) is 28.6 Å². The van der Waals surface area contributed by atoms with Gasteiger partial charge in [-0.25, -0.2) is 0 Å². The Bertz CT molecular complexity index is 651. The fraction of sp³-hybridized carbons (Fsp3) is 0.235. The molecule has 0 amide bonds. The first-order valence-electron chi connectivity index (χ1n) is 6.70. The van der Waals surface area contributed by atoms with Crippen molar-refractivity contribution in [3.63, 3.8) is 0 Å². The third kappa shape index (κ3) is 3.69. The molecule has 2 rings (SSSR count). The predicted molar refractivity (Wildman–Crippen MR) is 82.4 cm³/mol. The summed E-state index contributed by atoms with van der Waals surface area (Å²) in [7, 11) is 4.66. The molecule has 0 heterocycles. The summed E-state index contributed by atoms with van der Waals surface area (Å²) in [6, 6.07) is 12.1. The maximum Gasteiger partial charge on any atom is 0.200 e. The number of ketones is 1. The van der Waals surface area contributed by atoms with E-state index in [1.54, 1.807) is 63.8 Å². The molecule has 0 spiro atoms. The summed E-state index contributed by atoms with van der Waals surface area (Å²) in [6.07, 6.45) is 0. The van der Waals surface area contributed by atoms with Crippen molar-refractivity contribution in [2.24, 2.45) is 0 Å². The second-order valence-corrected chi connectivity index (χ2v) is 4.46. The van der Waals surface area contributed by atoms with Crippen LogP contribution < -0.4 is 18.9 Å². The standard InChI is InChI=1S/C17H18O5/c1-19-13-6-4-5-12(9-13)15(18)11-22-14-7-8-16(20-2)17(10-14)21-3/h4-10H,11H2,1-3H3. The van der Waals surface area contributed by atoms with Crippen LogP contribution in [0.3, 0.4) is 0 Å². The molecule has 5 heteroatoms. The van der Waals surface area contributed by atoms with Crippen LogP contribution in [-0.4, -0.2) is 33.7 Å². The topological polar surface area (TPSA) is 54.0 Å². The van der Waals surface area contributed by atoms with Gasteiger partial charge in [-0.05, 0) is 24.3 Å². The number of benzene rings is 2. The number of hydrogen-bond acceptors (Lipinski definition) is 5. The molecule has 0 radical (unpaired) electrons. The number of hydrogen-bond donors (Lipinski definition) is 0. The van der Waals surface area contributed by atoms with E-state index in [9.17, 15) is 4.79 Å². The molecule has 0 N–H and O–H groups in total. The largest absolute Gasteiger partial charge is 0.497 e. The number of ether oxygens (including phenoxy) is 4. The SMILES string of the molecule is COc1cccc(C(=O)COc2ccc(OC)c(OC)c2)c1. The van der Waals surface area contributed by atoms with Gasteiger partial charge >= 0.3 is 0 Å². The number of methoxy groups -OCH3 is 3. The van der Waals surface area contributed by atoms with E-state index in [1.165, 1.54) is 0 Å². The molecule has 0 aliphatic rings. The van der Waals surface area contributed by atoms with Gasteiger partial charge in [-0.1, -0.05) is 12.1 Å². The maximum atomic E-state index is 12.1. The van der Waals surface area contributed by atoms with Crippen LogP contribution in [0.15, 0.2) is 42.5 Å². The van der Waals surface area contributed by atoms with Crippen LogP contribution in [0.1, 0.15) is 10.4 Å². The molecule has 0 aromatic heterocycles. The summed E-state index contributed by atoms with van der Waals surface area (Å²) in [5.74, 6) is 2.20. The lowest BCUT2D eigenvalue weighted by atomic mass is 10.1. The zero-order chi connectivity index (χ0) is 15.9. The van der Waals surface area contributed by atoms with E-state index in [0.717, 1.165) is 0 Å². The van der Waals surface area contributed by atoms with Crippen molar-refractivity contribution in [1.29, 1.82) is 0 Å². The van der Waals surface area contributed by atoms with E-state index < -0.39 is 0 Å². The van der Waals surface area contributed by atoms with Crippen molar-refractivity contribution in [1.82, 2.24) is 0 Å². The van der Waals surface area contributed by atoms with Crippen LogP contribution in [0, 0.1) is 0 Å². The highest BCUT2D eigenvalue weighted by Gasteiger charge is 2.10. The molecule has 2 aromatic carbocycles. The third-order valence-electron chi connectivity index (χ3n) is 3.12. The van der Waals surface area contributed by atoms with Gasteiger partial charge < -0.3 is 18.9 Å². The fourth-order valence-corrected chi connectivity index (χ4v) is 1.94. The van der Waals surface area contributed by atoms with Crippen molar-refractivity contribution in [3.8, 4) is 23.0 Å². The summed E-state index contributed by atoms with van der Waals surface area (Å²) >= 11 is 0. The first kappa shape index (κ1) is 15.7. The summed E-state index contributed by atoms with van der Waals surface area (Å²) in [4.78, 5) is 12.1. The lowest BCUT2D eigenvalue weighted by Crippen LogP contribution is -2.11. The smallest absolute Gasteiger partial charge is 0.200 e. The van der Waals surface area contributed by atoms with Crippen LogP contribution >= 0.6 is 0 Å². The average Bonchev–Trinajstić information content (AvgIpc) is 2.59. The second-order valence-electron chi connectivity index (χ2n) is 4.46. The highest BCUT2D eigenvalue weighted by atomic mass is 16.5. The van der Waals surface area contributed by atoms with Gasteiger partial charge in [-0.3, -0.25) is 4.79 Å². The van der Waals surface area contributed by atoms with Gasteiger partial charge in [-0.2, -0.15) is 0 Å². The van der Waals surface area contributed by atoms with E-state index in [1.807, 2.05) is 0 Å². The van der Waals surface area contributed by atoms with Gasteiger partial charge in [0.2, 0.25) is 0 Å². The molecule has 0 aliphatic heterocycles. The van der Waals surface area contributed by atoms with Crippen LogP contribution in [0.4, 0.5) is 0 Å². The Kier molecular flexibility index (Phi) is 5.25. The van der Waals surface area contributed by atoms with E-state index in [4.69, 9.17) is 18.9 Å². The molecule has 116 valence electrons. The van der Waals surface area contributed by atoms with Gasteiger partial charge in [0.25, 0.3) is 0 Å². The van der Waals surface area contributed by atoms with Crippen LogP contribution in [0.5, 0.6) is 23.0 Å². The zero-order valence-electron chi connectivity index (χ0n) is 12.8. The minimum absolute atomic E-state index is 0.0668. The Hall–Kier alpha value is -2.69. The second kappa shape index (κ2) is 7.36. The first-order chi connectivity index (χ1) is 10.7. The van der Waals surface area contributed by atoms with E-state index >= 15 is 0 Å². The molecule has 0 bridgehead atoms. The Morgan fingerprint density at radius 1 is 0.864 bits per heavy atom. The van der Waals surface area contributed by atoms with Gasteiger partial charge in [0, 0.05) is 11.6 Å². The highest BCUT2D eigenvalue weighted by Crippen LogP contribution is 2.30. The van der Waals surface area contributed by atoms with Gasteiger partial charge in [0.1, 0.15) is 11.5 Å². The number of Topliss-reactive ketones (excluding diaryl/α,β-unsaturated/α-hetero) is 1. The maximum absolute atomic E-state index is 12.1. The van der Waals surface area contributed by atoms with Crippen LogP contribution in [0.25, 0.3) is 0 Å². The number of carbonyl (C=O) groups is 1. The molecular formula is C17H18O5. The van der Waals surface area contributed by atoms with E-state index in [-0.39, 0.29) is 12.4 Å². The molecule has 0 saturated heterocycles. The Labute approximate surface area is 129 Å². The van der Waals surface area contributed by atoms with Crippen molar-refractivity contribution in [2.45, 2.75) is 0 Å². The number of rotatable bonds is 7. The lowest BCUT2D eigenvalue weighted by Gasteiger charge is -2.10. The summed E-state index contributed by atoms with van der Waals surface area (Å²) in [5, 5.41) is 0. The van der Waals surface area contributed by atoms with E-state index in [2.05, 4.69) is 0 Å². The molecule has 0 atom stereocenters. The minimum atomic E-state index is -0.131. The normalized spacial score (nSPS) is 9.95. The summed E-state index contributed by atoms with van der Waals surface area (Å²) < 4.78 is 21.0. The van der Waals surface area contributed by atoms with Crippen LogP contribution in [-0.2, 0) is 0 Å². The highest BCUT2D eigenvalue weighted by molar-refractivity contribution is 5.97. The lowest BCUT2D eigenvalue weighted by molar-refractivity contribution is 0.0921. The quantitative estimate of drug-likeness (QED) is 0.736. The zero-order valence-corrected chi connectivity index (χ0v) is 12.8. The molecule has 0 saturated carbocycles.